The molecule has 1 N–H and O–H groups in total. The lowest BCUT2D eigenvalue weighted by atomic mass is 9.93. The Hall–Kier alpha value is -1.65. The lowest BCUT2D eigenvalue weighted by Gasteiger charge is -2.20. The van der Waals surface area contributed by atoms with Crippen molar-refractivity contribution in [2.45, 2.75) is 33.1 Å². The lowest BCUT2D eigenvalue weighted by molar-refractivity contribution is -0.141. The van der Waals surface area contributed by atoms with Gasteiger partial charge < -0.3 is 9.84 Å². The summed E-state index contributed by atoms with van der Waals surface area (Å²) in [6, 6.07) is 2.89. The minimum atomic E-state index is -3.03. The van der Waals surface area contributed by atoms with E-state index in [2.05, 4.69) is 0 Å². The molecule has 5 heteroatoms. The van der Waals surface area contributed by atoms with Crippen LogP contribution in [0.2, 0.25) is 0 Å². The van der Waals surface area contributed by atoms with Gasteiger partial charge in [0.15, 0.2) is 0 Å². The van der Waals surface area contributed by atoms with E-state index in [0.29, 0.717) is 5.56 Å². The van der Waals surface area contributed by atoms with Gasteiger partial charge in [-0.1, -0.05) is 13.0 Å². The average molecular weight is 272 g/mol. The van der Waals surface area contributed by atoms with Gasteiger partial charge in [-0.15, -0.1) is 0 Å². The molecule has 0 spiro atoms. The van der Waals surface area contributed by atoms with Crippen molar-refractivity contribution in [3.8, 4) is 5.75 Å². The number of ether oxygens (including phenoxy) is 1. The third kappa shape index (κ3) is 3.43. The van der Waals surface area contributed by atoms with E-state index < -0.39 is 17.8 Å². The van der Waals surface area contributed by atoms with Crippen molar-refractivity contribution in [2.75, 3.05) is 7.11 Å². The van der Waals surface area contributed by atoms with Gasteiger partial charge in [0.2, 0.25) is 0 Å². The molecule has 0 aliphatic heterocycles. The molecule has 0 saturated carbocycles. The predicted molar refractivity (Wildman–Crippen MR) is 67.8 cm³/mol. The van der Waals surface area contributed by atoms with Gasteiger partial charge in [0.1, 0.15) is 5.75 Å². The van der Waals surface area contributed by atoms with Crippen LogP contribution in [0.25, 0.3) is 0 Å². The third-order valence-corrected chi connectivity index (χ3v) is 3.10. The zero-order valence-electron chi connectivity index (χ0n) is 11.5. The first kappa shape index (κ1) is 15.4. The van der Waals surface area contributed by atoms with E-state index in [0.717, 1.165) is 12.5 Å². The molecule has 1 aromatic carbocycles. The molecule has 106 valence electrons. The van der Waals surface area contributed by atoms with E-state index in [-0.39, 0.29) is 17.7 Å². The quantitative estimate of drug-likeness (QED) is 0.893. The van der Waals surface area contributed by atoms with Crippen LogP contribution in [-0.2, 0) is 17.1 Å². The van der Waals surface area contributed by atoms with Gasteiger partial charge in [0.25, 0.3) is 5.92 Å². The minimum Gasteiger partial charge on any atom is -0.496 e. The van der Waals surface area contributed by atoms with Gasteiger partial charge in [-0.25, -0.2) is 8.78 Å². The van der Waals surface area contributed by atoms with Crippen LogP contribution in [0.5, 0.6) is 5.75 Å². The number of halogens is 2. The Morgan fingerprint density at radius 3 is 2.47 bits per heavy atom. The number of carboxylic acids is 1. The number of carbonyl (C=O) groups is 1. The fourth-order valence-corrected chi connectivity index (χ4v) is 1.95. The summed E-state index contributed by atoms with van der Waals surface area (Å²) >= 11 is 0. The number of hydrogen-bond acceptors (Lipinski definition) is 2. The number of alkyl halides is 2. The smallest absolute Gasteiger partial charge is 0.306 e. The summed E-state index contributed by atoms with van der Waals surface area (Å²) in [4.78, 5) is 10.9. The first-order valence-corrected chi connectivity index (χ1v) is 5.96. The first-order chi connectivity index (χ1) is 8.68. The molecule has 3 nitrogen and oxygen atoms in total. The second kappa shape index (κ2) is 5.55. The Labute approximate surface area is 111 Å². The van der Waals surface area contributed by atoms with Crippen molar-refractivity contribution in [2.24, 2.45) is 5.92 Å². The van der Waals surface area contributed by atoms with Crippen LogP contribution >= 0.6 is 0 Å². The Morgan fingerprint density at radius 2 is 2.05 bits per heavy atom. The van der Waals surface area contributed by atoms with Crippen molar-refractivity contribution in [1.82, 2.24) is 0 Å². The molecule has 0 bridgehead atoms. The Kier molecular flexibility index (Phi) is 4.50. The molecule has 0 amide bonds. The van der Waals surface area contributed by atoms with Crippen LogP contribution < -0.4 is 4.74 Å². The molecule has 1 atom stereocenters. The van der Waals surface area contributed by atoms with Gasteiger partial charge in [0.05, 0.1) is 18.6 Å². The van der Waals surface area contributed by atoms with Gasteiger partial charge in [-0.3, -0.25) is 4.79 Å². The van der Waals surface area contributed by atoms with Crippen LogP contribution in [-0.4, -0.2) is 18.2 Å². The van der Waals surface area contributed by atoms with Gasteiger partial charge in [-0.05, 0) is 30.5 Å². The maximum absolute atomic E-state index is 13.5. The summed E-state index contributed by atoms with van der Waals surface area (Å²) < 4.78 is 32.1. The summed E-state index contributed by atoms with van der Waals surface area (Å²) in [5.41, 5.74) is 1.06. The minimum absolute atomic E-state index is 0.0839. The molecule has 1 rings (SSSR count). The Morgan fingerprint density at radius 1 is 1.47 bits per heavy atom. The number of rotatable bonds is 5. The van der Waals surface area contributed by atoms with E-state index in [9.17, 15) is 13.6 Å². The highest BCUT2D eigenvalue weighted by Crippen LogP contribution is 2.38. The molecule has 1 unspecified atom stereocenters. The van der Waals surface area contributed by atoms with E-state index in [1.807, 2.05) is 0 Å². The van der Waals surface area contributed by atoms with Crippen LogP contribution in [0.1, 0.15) is 30.5 Å². The van der Waals surface area contributed by atoms with Gasteiger partial charge >= 0.3 is 5.97 Å². The predicted octanol–water partition coefficient (Wildman–Crippen LogP) is 3.38. The number of hydrogen-bond donors (Lipinski definition) is 1. The fourth-order valence-electron chi connectivity index (χ4n) is 1.95. The van der Waals surface area contributed by atoms with Crippen molar-refractivity contribution >= 4 is 5.97 Å². The highest BCUT2D eigenvalue weighted by atomic mass is 19.3. The van der Waals surface area contributed by atoms with Crippen LogP contribution in [0.15, 0.2) is 12.1 Å². The number of carboxylic acid groups (broad SMARTS) is 1. The first-order valence-electron chi connectivity index (χ1n) is 5.96. The number of aliphatic carboxylic acids is 1. The molecule has 0 aliphatic rings. The van der Waals surface area contributed by atoms with Crippen LogP contribution in [0.4, 0.5) is 8.78 Å². The Balaban J connectivity index is 3.33. The van der Waals surface area contributed by atoms with Crippen molar-refractivity contribution in [3.63, 3.8) is 0 Å². The normalized spacial score (nSPS) is 13.2. The summed E-state index contributed by atoms with van der Waals surface area (Å²) in [6.07, 6.45) is 0.161. The Bertz CT molecular complexity index is 478. The highest BCUT2D eigenvalue weighted by Gasteiger charge is 2.31. The summed E-state index contributed by atoms with van der Waals surface area (Å²) in [7, 11) is 1.32. The summed E-state index contributed by atoms with van der Waals surface area (Å²) in [6.45, 7) is 4.09. The number of methoxy groups -OCH3 is 1. The molecule has 19 heavy (non-hydrogen) atoms. The van der Waals surface area contributed by atoms with E-state index in [1.165, 1.54) is 20.1 Å². The van der Waals surface area contributed by atoms with Crippen molar-refractivity contribution in [3.05, 3.63) is 28.8 Å². The molecular weight excluding hydrogens is 254 g/mol. The molecule has 0 fully saturated rings. The van der Waals surface area contributed by atoms with Crippen molar-refractivity contribution in [1.29, 1.82) is 0 Å². The van der Waals surface area contributed by atoms with Gasteiger partial charge in [-0.2, -0.15) is 0 Å². The number of benzene rings is 1. The zero-order valence-corrected chi connectivity index (χ0v) is 11.5. The molecule has 0 radical (unpaired) electrons. The van der Waals surface area contributed by atoms with Gasteiger partial charge in [0, 0.05) is 6.92 Å². The average Bonchev–Trinajstić information content (AvgIpc) is 2.29. The fraction of sp³-hybridized carbons (Fsp3) is 0.500. The highest BCUT2D eigenvalue weighted by molar-refractivity contribution is 5.70. The van der Waals surface area contributed by atoms with Crippen molar-refractivity contribution < 1.29 is 23.4 Å². The van der Waals surface area contributed by atoms with E-state index in [1.54, 1.807) is 13.0 Å². The maximum Gasteiger partial charge on any atom is 0.306 e. The SMILES string of the molecule is COc1c(C(C)(F)F)ccc(C)c1CC(C)C(=O)O. The molecule has 0 saturated heterocycles. The topological polar surface area (TPSA) is 46.5 Å². The second-order valence-corrected chi connectivity index (χ2v) is 4.77. The maximum atomic E-state index is 13.5. The van der Waals surface area contributed by atoms with E-state index in [4.69, 9.17) is 9.84 Å². The molecular formula is C14H18F2O3. The van der Waals surface area contributed by atoms with Crippen LogP contribution in [0.3, 0.4) is 0 Å². The molecule has 1 aromatic rings. The summed E-state index contributed by atoms with van der Waals surface area (Å²) in [5.74, 6) is -4.57. The molecule has 0 aromatic heterocycles. The molecule has 0 aliphatic carbocycles. The summed E-state index contributed by atoms with van der Waals surface area (Å²) in [5, 5.41) is 8.94. The zero-order chi connectivity index (χ0) is 14.8. The molecule has 0 heterocycles. The standard InChI is InChI=1S/C14H18F2O3/c1-8-5-6-11(14(3,15)16)12(19-4)10(8)7-9(2)13(17)18/h5-6,9H,7H2,1-4H3,(H,17,18). The lowest BCUT2D eigenvalue weighted by Crippen LogP contribution is -2.16. The number of aryl methyl sites for hydroxylation is 1. The largest absolute Gasteiger partial charge is 0.496 e. The second-order valence-electron chi connectivity index (χ2n) is 4.77. The van der Waals surface area contributed by atoms with Crippen LogP contribution in [0, 0.1) is 12.8 Å². The van der Waals surface area contributed by atoms with E-state index >= 15 is 0 Å². The monoisotopic (exact) mass is 272 g/mol. The third-order valence-electron chi connectivity index (χ3n) is 3.10.